The zero-order chi connectivity index (χ0) is 16.2. The topological polar surface area (TPSA) is 106 Å². The second-order valence-electron chi connectivity index (χ2n) is 4.51. The summed E-state index contributed by atoms with van der Waals surface area (Å²) >= 11 is 0. The van der Waals surface area contributed by atoms with Crippen molar-refractivity contribution in [3.05, 3.63) is 46.5 Å². The van der Waals surface area contributed by atoms with Crippen molar-refractivity contribution in [2.24, 2.45) is 0 Å². The zero-order valence-electron chi connectivity index (χ0n) is 11.7. The van der Waals surface area contributed by atoms with E-state index in [1.807, 2.05) is 0 Å². The maximum Gasteiger partial charge on any atom is 0.271 e. The van der Waals surface area contributed by atoms with Crippen molar-refractivity contribution in [1.82, 2.24) is 0 Å². The van der Waals surface area contributed by atoms with E-state index in [1.165, 1.54) is 31.2 Å². The summed E-state index contributed by atoms with van der Waals surface area (Å²) in [7, 11) is -3.63. The quantitative estimate of drug-likeness (QED) is 0.490. The number of anilines is 1. The molecule has 1 amide bonds. The summed E-state index contributed by atoms with van der Waals surface area (Å²) < 4.78 is 23.6. The SMILES string of the molecule is C=CCS(=O)(=O)C(C)C(=O)Nc1cc([N+](=O)[O-])ccc1C. The Bertz CT molecular complexity index is 682. The maximum atomic E-state index is 12.0. The second-order valence-corrected chi connectivity index (χ2v) is 6.87. The van der Waals surface area contributed by atoms with Crippen LogP contribution in [0.1, 0.15) is 12.5 Å². The molecule has 0 aliphatic rings. The van der Waals surface area contributed by atoms with E-state index >= 15 is 0 Å². The Labute approximate surface area is 122 Å². The van der Waals surface area contributed by atoms with Gasteiger partial charge in [-0.1, -0.05) is 12.1 Å². The number of amides is 1. The minimum absolute atomic E-state index is 0.183. The van der Waals surface area contributed by atoms with E-state index < -0.39 is 25.9 Å². The molecule has 0 saturated heterocycles. The third-order valence-corrected chi connectivity index (χ3v) is 4.94. The molecular formula is C13H16N2O5S. The van der Waals surface area contributed by atoms with Crippen LogP contribution in [0.2, 0.25) is 0 Å². The molecule has 1 aromatic carbocycles. The van der Waals surface area contributed by atoms with Crippen LogP contribution in [0.3, 0.4) is 0 Å². The van der Waals surface area contributed by atoms with Crippen LogP contribution in [0.15, 0.2) is 30.9 Å². The normalized spacial score (nSPS) is 12.5. The van der Waals surface area contributed by atoms with E-state index in [-0.39, 0.29) is 17.1 Å². The van der Waals surface area contributed by atoms with Gasteiger partial charge >= 0.3 is 0 Å². The number of nitrogens with zero attached hydrogens (tertiary/aromatic N) is 1. The molecule has 0 aliphatic heterocycles. The molecule has 114 valence electrons. The molecule has 0 bridgehead atoms. The van der Waals surface area contributed by atoms with Crippen LogP contribution in [0, 0.1) is 17.0 Å². The molecule has 0 aromatic heterocycles. The lowest BCUT2D eigenvalue weighted by atomic mass is 10.2. The molecule has 0 aliphatic carbocycles. The molecule has 0 spiro atoms. The standard InChI is InChI=1S/C13H16N2O5S/c1-4-7-21(19,20)10(3)13(16)14-12-8-11(15(17)18)6-5-9(12)2/h4-6,8,10H,1,7H2,2-3H3,(H,14,16). The van der Waals surface area contributed by atoms with Crippen LogP contribution < -0.4 is 5.32 Å². The summed E-state index contributed by atoms with van der Waals surface area (Å²) in [5.41, 5.74) is 0.634. The van der Waals surface area contributed by atoms with Crippen molar-refractivity contribution in [2.75, 3.05) is 11.1 Å². The molecule has 1 rings (SSSR count). The Morgan fingerprint density at radius 2 is 2.14 bits per heavy atom. The van der Waals surface area contributed by atoms with E-state index in [0.29, 0.717) is 5.56 Å². The number of benzene rings is 1. The Balaban J connectivity index is 3.01. The largest absolute Gasteiger partial charge is 0.324 e. The van der Waals surface area contributed by atoms with Gasteiger partial charge in [0.1, 0.15) is 5.25 Å². The van der Waals surface area contributed by atoms with Crippen LogP contribution in [-0.4, -0.2) is 30.3 Å². The van der Waals surface area contributed by atoms with Gasteiger partial charge in [0.25, 0.3) is 5.69 Å². The fraction of sp³-hybridized carbons (Fsp3) is 0.308. The molecule has 21 heavy (non-hydrogen) atoms. The third-order valence-electron chi connectivity index (χ3n) is 2.95. The second kappa shape index (κ2) is 6.49. The minimum atomic E-state index is -3.63. The van der Waals surface area contributed by atoms with Crippen LogP contribution >= 0.6 is 0 Å². The highest BCUT2D eigenvalue weighted by Gasteiger charge is 2.27. The molecule has 0 radical (unpaired) electrons. The number of nitro groups is 1. The predicted molar refractivity (Wildman–Crippen MR) is 79.9 cm³/mol. The smallest absolute Gasteiger partial charge is 0.271 e. The average Bonchev–Trinajstić information content (AvgIpc) is 2.39. The summed E-state index contributed by atoms with van der Waals surface area (Å²) in [6.07, 6.45) is 1.21. The molecule has 0 saturated carbocycles. The van der Waals surface area contributed by atoms with Crippen LogP contribution in [-0.2, 0) is 14.6 Å². The van der Waals surface area contributed by atoms with Crippen LogP contribution in [0.4, 0.5) is 11.4 Å². The van der Waals surface area contributed by atoms with Gasteiger partial charge < -0.3 is 5.32 Å². The highest BCUT2D eigenvalue weighted by molar-refractivity contribution is 7.92. The van der Waals surface area contributed by atoms with E-state index in [1.54, 1.807) is 6.92 Å². The molecule has 1 atom stereocenters. The summed E-state index contributed by atoms with van der Waals surface area (Å²) in [5.74, 6) is -1.05. The zero-order valence-corrected chi connectivity index (χ0v) is 12.5. The number of hydrogen-bond donors (Lipinski definition) is 1. The van der Waals surface area contributed by atoms with Gasteiger partial charge in [-0.2, -0.15) is 0 Å². The minimum Gasteiger partial charge on any atom is -0.324 e. The van der Waals surface area contributed by atoms with Crippen LogP contribution in [0.5, 0.6) is 0 Å². The molecule has 0 fully saturated rings. The number of nitrogens with one attached hydrogen (secondary N) is 1. The molecule has 1 aromatic rings. The lowest BCUT2D eigenvalue weighted by Gasteiger charge is -2.13. The number of carbonyl (C=O) groups excluding carboxylic acids is 1. The van der Waals surface area contributed by atoms with Gasteiger partial charge in [-0.05, 0) is 19.4 Å². The summed E-state index contributed by atoms with van der Waals surface area (Å²) in [6, 6.07) is 3.99. The van der Waals surface area contributed by atoms with Gasteiger partial charge in [0.15, 0.2) is 9.84 Å². The number of sulfone groups is 1. The number of rotatable bonds is 6. The lowest BCUT2D eigenvalue weighted by Crippen LogP contribution is -2.33. The first-order valence-corrected chi connectivity index (χ1v) is 7.79. The first-order chi connectivity index (χ1) is 9.69. The van der Waals surface area contributed by atoms with E-state index in [0.717, 1.165) is 0 Å². The number of carbonyl (C=O) groups is 1. The van der Waals surface area contributed by atoms with Gasteiger partial charge in [-0.15, -0.1) is 6.58 Å². The molecule has 0 heterocycles. The maximum absolute atomic E-state index is 12.0. The molecular weight excluding hydrogens is 296 g/mol. The van der Waals surface area contributed by atoms with Crippen molar-refractivity contribution in [2.45, 2.75) is 19.1 Å². The third kappa shape index (κ3) is 4.12. The monoisotopic (exact) mass is 312 g/mol. The van der Waals surface area contributed by atoms with E-state index in [9.17, 15) is 23.3 Å². The Kier molecular flexibility index (Phi) is 5.20. The fourth-order valence-corrected chi connectivity index (χ4v) is 2.57. The van der Waals surface area contributed by atoms with Crippen molar-refractivity contribution in [3.8, 4) is 0 Å². The highest BCUT2D eigenvalue weighted by atomic mass is 32.2. The van der Waals surface area contributed by atoms with Gasteiger partial charge in [0.05, 0.1) is 16.4 Å². The van der Waals surface area contributed by atoms with Crippen molar-refractivity contribution < 1.29 is 18.1 Å². The summed E-state index contributed by atoms with van der Waals surface area (Å²) in [5, 5.41) is 11.9. The first-order valence-electron chi connectivity index (χ1n) is 6.07. The van der Waals surface area contributed by atoms with Gasteiger partial charge in [-0.25, -0.2) is 8.42 Å². The number of hydrogen-bond acceptors (Lipinski definition) is 5. The van der Waals surface area contributed by atoms with E-state index in [4.69, 9.17) is 0 Å². The molecule has 1 N–H and O–H groups in total. The predicted octanol–water partition coefficient (Wildman–Crippen LogP) is 1.83. The van der Waals surface area contributed by atoms with Crippen molar-refractivity contribution >= 4 is 27.1 Å². The number of aryl methyl sites for hydroxylation is 1. The molecule has 7 nitrogen and oxygen atoms in total. The highest BCUT2D eigenvalue weighted by Crippen LogP contribution is 2.22. The number of nitro benzene ring substituents is 1. The summed E-state index contributed by atoms with van der Waals surface area (Å²) in [6.45, 7) is 6.25. The fourth-order valence-electron chi connectivity index (χ4n) is 1.56. The van der Waals surface area contributed by atoms with Gasteiger partial charge in [0, 0.05) is 12.1 Å². The van der Waals surface area contributed by atoms with Gasteiger partial charge in [-0.3, -0.25) is 14.9 Å². The van der Waals surface area contributed by atoms with E-state index in [2.05, 4.69) is 11.9 Å². The van der Waals surface area contributed by atoms with Gasteiger partial charge in [0.2, 0.25) is 5.91 Å². The Hall–Kier alpha value is -2.22. The van der Waals surface area contributed by atoms with Crippen LogP contribution in [0.25, 0.3) is 0 Å². The first kappa shape index (κ1) is 16.8. The Morgan fingerprint density at radius 3 is 2.67 bits per heavy atom. The Morgan fingerprint density at radius 1 is 1.52 bits per heavy atom. The summed E-state index contributed by atoms with van der Waals surface area (Å²) in [4.78, 5) is 22.1. The molecule has 8 heteroatoms. The van der Waals surface area contributed by atoms with Crippen molar-refractivity contribution in [3.63, 3.8) is 0 Å². The van der Waals surface area contributed by atoms with Crippen molar-refractivity contribution in [1.29, 1.82) is 0 Å². The molecule has 1 unspecified atom stereocenters. The number of non-ortho nitro benzene ring substituents is 1. The average molecular weight is 312 g/mol. The lowest BCUT2D eigenvalue weighted by molar-refractivity contribution is -0.384.